The van der Waals surface area contributed by atoms with E-state index in [0.717, 1.165) is 23.4 Å². The molecule has 0 atom stereocenters. The van der Waals surface area contributed by atoms with Gasteiger partial charge in [-0.25, -0.2) is 8.42 Å². The Morgan fingerprint density at radius 1 is 1.11 bits per heavy atom. The van der Waals surface area contributed by atoms with Gasteiger partial charge in [0, 0.05) is 32.4 Å². The third-order valence-electron chi connectivity index (χ3n) is 3.44. The first kappa shape index (κ1) is 23.4. The molecular weight excluding hydrogens is 410 g/mol. The first-order valence-corrected chi connectivity index (χ1v) is 10.5. The van der Waals surface area contributed by atoms with Crippen molar-refractivity contribution in [2.24, 2.45) is 0 Å². The maximum atomic E-state index is 12.2. The fraction of sp³-hybridized carbons (Fsp3) is 0.353. The number of ether oxygens (including phenoxy) is 1. The lowest BCUT2D eigenvalue weighted by Gasteiger charge is -2.08. The highest BCUT2D eigenvalue weighted by Crippen LogP contribution is 2.20. The molecule has 0 bridgehead atoms. The summed E-state index contributed by atoms with van der Waals surface area (Å²) in [6.45, 7) is 2.60. The monoisotopic (exact) mass is 433 g/mol. The molecule has 1 amide bonds. The summed E-state index contributed by atoms with van der Waals surface area (Å²) in [5.74, 6) is -0.0783. The number of methoxy groups -OCH3 is 1. The number of nitrogens with one attached hydrogen (secondary N) is 3. The van der Waals surface area contributed by atoms with Crippen molar-refractivity contribution < 1.29 is 17.9 Å². The summed E-state index contributed by atoms with van der Waals surface area (Å²) < 4.78 is 32.0. The van der Waals surface area contributed by atoms with Crippen LogP contribution in [0.5, 0.6) is 0 Å². The minimum atomic E-state index is -3.55. The zero-order chi connectivity index (χ0) is 18.8. The minimum absolute atomic E-state index is 0. The minimum Gasteiger partial charge on any atom is -0.383 e. The van der Waals surface area contributed by atoms with Gasteiger partial charge in [0.15, 0.2) is 0 Å². The maximum Gasteiger partial charge on any atom is 0.271 e. The molecule has 0 aliphatic rings. The Morgan fingerprint density at radius 3 is 2.48 bits per heavy atom. The Morgan fingerprint density at radius 2 is 1.85 bits per heavy atom. The van der Waals surface area contributed by atoms with Crippen molar-refractivity contribution in [2.75, 3.05) is 38.1 Å². The first-order chi connectivity index (χ1) is 12.5. The fourth-order valence-corrected chi connectivity index (χ4v) is 4.20. The van der Waals surface area contributed by atoms with E-state index in [-0.39, 0.29) is 28.9 Å². The van der Waals surface area contributed by atoms with Crippen LogP contribution in [0, 0.1) is 0 Å². The van der Waals surface area contributed by atoms with Crippen LogP contribution in [-0.2, 0) is 26.0 Å². The van der Waals surface area contributed by atoms with Crippen molar-refractivity contribution in [1.82, 2.24) is 10.6 Å². The number of anilines is 1. The average Bonchev–Trinajstić information content (AvgIpc) is 3.15. The molecule has 1 aromatic carbocycles. The molecule has 0 unspecified atom stereocenters. The molecule has 0 saturated heterocycles. The van der Waals surface area contributed by atoms with Crippen LogP contribution in [0.2, 0.25) is 0 Å². The van der Waals surface area contributed by atoms with E-state index in [9.17, 15) is 13.2 Å². The highest BCUT2D eigenvalue weighted by Gasteiger charge is 2.15. The lowest BCUT2D eigenvalue weighted by molar-refractivity contribution is -0.120. The van der Waals surface area contributed by atoms with Crippen molar-refractivity contribution in [3.8, 4) is 0 Å². The second-order valence-corrected chi connectivity index (χ2v) is 8.36. The number of carbonyl (C=O) groups is 1. The quantitative estimate of drug-likeness (QED) is 0.470. The van der Waals surface area contributed by atoms with Gasteiger partial charge in [0.1, 0.15) is 4.21 Å². The highest BCUT2D eigenvalue weighted by atomic mass is 35.5. The number of sulfonamides is 1. The van der Waals surface area contributed by atoms with Crippen LogP contribution >= 0.6 is 23.7 Å². The van der Waals surface area contributed by atoms with Crippen LogP contribution < -0.4 is 15.4 Å². The van der Waals surface area contributed by atoms with E-state index in [1.54, 1.807) is 48.9 Å². The predicted octanol–water partition coefficient (Wildman–Crippen LogP) is 1.87. The van der Waals surface area contributed by atoms with Gasteiger partial charge in [-0.2, -0.15) is 0 Å². The number of rotatable bonds is 11. The van der Waals surface area contributed by atoms with Crippen LogP contribution in [0.3, 0.4) is 0 Å². The van der Waals surface area contributed by atoms with Crippen molar-refractivity contribution in [3.63, 3.8) is 0 Å². The standard InChI is InChI=1S/C17H23N3O4S2.ClH/c1-24-11-10-18-8-9-19-16(21)13-14-4-6-15(7-5-14)20-26(22,23)17-3-2-12-25-17;/h2-7,12,18,20H,8-11,13H2,1H3,(H,19,21);1H. The normalized spacial score (nSPS) is 10.9. The summed E-state index contributed by atoms with van der Waals surface area (Å²) in [4.78, 5) is 11.9. The smallest absolute Gasteiger partial charge is 0.271 e. The van der Waals surface area contributed by atoms with Crippen molar-refractivity contribution in [2.45, 2.75) is 10.6 Å². The third-order valence-corrected chi connectivity index (χ3v) is 6.22. The second kappa shape index (κ2) is 11.9. The van der Waals surface area contributed by atoms with Crippen LogP contribution in [0.25, 0.3) is 0 Å². The van der Waals surface area contributed by atoms with E-state index in [0.29, 0.717) is 25.4 Å². The van der Waals surface area contributed by atoms with Gasteiger partial charge < -0.3 is 15.4 Å². The molecular formula is C17H24ClN3O4S2. The molecule has 3 N–H and O–H groups in total. The van der Waals surface area contributed by atoms with E-state index in [1.807, 2.05) is 0 Å². The van der Waals surface area contributed by atoms with Crippen LogP contribution in [0.1, 0.15) is 5.56 Å². The van der Waals surface area contributed by atoms with E-state index < -0.39 is 10.0 Å². The lowest BCUT2D eigenvalue weighted by atomic mass is 10.1. The Balaban J connectivity index is 0.00000364. The topological polar surface area (TPSA) is 96.5 Å². The van der Waals surface area contributed by atoms with Crippen molar-refractivity contribution >= 4 is 45.4 Å². The van der Waals surface area contributed by atoms with Gasteiger partial charge in [0.05, 0.1) is 13.0 Å². The largest absolute Gasteiger partial charge is 0.383 e. The zero-order valence-corrected chi connectivity index (χ0v) is 17.4. The van der Waals surface area contributed by atoms with Gasteiger partial charge in [-0.3, -0.25) is 9.52 Å². The van der Waals surface area contributed by atoms with Crippen LogP contribution in [-0.4, -0.2) is 47.7 Å². The average molecular weight is 434 g/mol. The summed E-state index contributed by atoms with van der Waals surface area (Å²) in [7, 11) is -1.91. The van der Waals surface area contributed by atoms with E-state index >= 15 is 0 Å². The number of carbonyl (C=O) groups excluding carboxylic acids is 1. The summed E-state index contributed by atoms with van der Waals surface area (Å²) in [5, 5.41) is 7.68. The molecule has 0 fully saturated rings. The second-order valence-electron chi connectivity index (χ2n) is 5.50. The molecule has 150 valence electrons. The molecule has 27 heavy (non-hydrogen) atoms. The zero-order valence-electron chi connectivity index (χ0n) is 14.9. The molecule has 2 aromatic rings. The number of halogens is 1. The number of thiophene rings is 1. The SMILES string of the molecule is COCCNCCNC(=O)Cc1ccc(NS(=O)(=O)c2cccs2)cc1.Cl. The Bertz CT molecular complexity index is 781. The third kappa shape index (κ3) is 8.27. The van der Waals surface area contributed by atoms with E-state index in [4.69, 9.17) is 4.74 Å². The summed E-state index contributed by atoms with van der Waals surface area (Å²) in [6, 6.07) is 10.0. The van der Waals surface area contributed by atoms with Gasteiger partial charge in [0.2, 0.25) is 5.91 Å². The summed E-state index contributed by atoms with van der Waals surface area (Å²) in [5.41, 5.74) is 1.28. The van der Waals surface area contributed by atoms with Crippen molar-refractivity contribution in [3.05, 3.63) is 47.3 Å². The number of benzene rings is 1. The molecule has 0 radical (unpaired) electrons. The molecule has 0 saturated carbocycles. The first-order valence-electron chi connectivity index (χ1n) is 8.13. The van der Waals surface area contributed by atoms with Gasteiger partial charge in [-0.1, -0.05) is 18.2 Å². The highest BCUT2D eigenvalue weighted by molar-refractivity contribution is 7.94. The molecule has 10 heteroatoms. The maximum absolute atomic E-state index is 12.2. The van der Waals surface area contributed by atoms with Gasteiger partial charge in [-0.05, 0) is 29.1 Å². The van der Waals surface area contributed by atoms with E-state index in [2.05, 4.69) is 15.4 Å². The van der Waals surface area contributed by atoms with Gasteiger partial charge >= 0.3 is 0 Å². The number of hydrogen-bond acceptors (Lipinski definition) is 6. The number of hydrogen-bond donors (Lipinski definition) is 3. The Hall–Kier alpha value is -1.65. The molecule has 1 heterocycles. The van der Waals surface area contributed by atoms with Crippen LogP contribution in [0.4, 0.5) is 5.69 Å². The van der Waals surface area contributed by atoms with Crippen LogP contribution in [0.15, 0.2) is 46.0 Å². The van der Waals surface area contributed by atoms with Crippen molar-refractivity contribution in [1.29, 1.82) is 0 Å². The summed E-state index contributed by atoms with van der Waals surface area (Å²) in [6.07, 6.45) is 0.246. The van der Waals surface area contributed by atoms with Gasteiger partial charge in [-0.15, -0.1) is 23.7 Å². The molecule has 0 aliphatic heterocycles. The molecule has 0 aliphatic carbocycles. The lowest BCUT2D eigenvalue weighted by Crippen LogP contribution is -2.33. The van der Waals surface area contributed by atoms with E-state index in [1.165, 1.54) is 0 Å². The van der Waals surface area contributed by atoms with Gasteiger partial charge in [0.25, 0.3) is 10.0 Å². The fourth-order valence-electron chi connectivity index (χ4n) is 2.15. The molecule has 7 nitrogen and oxygen atoms in total. The molecule has 1 aromatic heterocycles. The number of amides is 1. The molecule has 2 rings (SSSR count). The predicted molar refractivity (Wildman–Crippen MR) is 110 cm³/mol. The Kier molecular flexibility index (Phi) is 10.3. The Labute approximate surface area is 170 Å². The summed E-state index contributed by atoms with van der Waals surface area (Å²) >= 11 is 1.16. The molecule has 0 spiro atoms.